The predicted molar refractivity (Wildman–Crippen MR) is 64.6 cm³/mol. The molecule has 1 unspecified atom stereocenters. The summed E-state index contributed by atoms with van der Waals surface area (Å²) in [7, 11) is 1.60. The highest BCUT2D eigenvalue weighted by Gasteiger charge is 2.29. The molecule has 1 aromatic rings. The zero-order valence-electron chi connectivity index (χ0n) is 10.2. The summed E-state index contributed by atoms with van der Waals surface area (Å²) in [6, 6.07) is 1.72. The first-order valence-corrected chi connectivity index (χ1v) is 5.60. The molecule has 0 saturated carbocycles. The monoisotopic (exact) mass is 238 g/mol. The summed E-state index contributed by atoms with van der Waals surface area (Å²) in [6.07, 6.45) is 0.955. The molecule has 1 aromatic heterocycles. The highest BCUT2D eigenvalue weighted by atomic mass is 16.5. The molecule has 0 bridgehead atoms. The van der Waals surface area contributed by atoms with Crippen LogP contribution in [-0.4, -0.2) is 35.8 Å². The van der Waals surface area contributed by atoms with Gasteiger partial charge in [-0.1, -0.05) is 0 Å². The maximum Gasteiger partial charge on any atom is 0.158 e. The number of aromatic nitrogens is 2. The summed E-state index contributed by atoms with van der Waals surface area (Å²) in [5.74, 6) is 1.74. The lowest BCUT2D eigenvalue weighted by Crippen LogP contribution is -2.35. The van der Waals surface area contributed by atoms with Crippen LogP contribution in [0.1, 0.15) is 19.2 Å². The Hall–Kier alpha value is -1.40. The van der Waals surface area contributed by atoms with Gasteiger partial charge < -0.3 is 20.5 Å². The van der Waals surface area contributed by atoms with E-state index in [0.29, 0.717) is 24.9 Å². The Morgan fingerprint density at radius 2 is 2.41 bits per heavy atom. The highest BCUT2D eigenvalue weighted by Crippen LogP contribution is 2.23. The van der Waals surface area contributed by atoms with Crippen molar-refractivity contribution in [3.8, 4) is 0 Å². The number of methoxy groups -OCH3 is 1. The van der Waals surface area contributed by atoms with Gasteiger partial charge in [-0.2, -0.15) is 0 Å². The van der Waals surface area contributed by atoms with E-state index in [1.165, 1.54) is 0 Å². The van der Waals surface area contributed by atoms with Crippen LogP contribution >= 0.6 is 0 Å². The maximum atomic E-state index is 5.73. The van der Waals surface area contributed by atoms with Crippen molar-refractivity contribution in [2.75, 3.05) is 31.4 Å². The number of hydrogen-bond acceptors (Lipinski definition) is 6. The molecule has 94 valence electrons. The topological polar surface area (TPSA) is 82.3 Å². The van der Waals surface area contributed by atoms with Crippen molar-refractivity contribution in [3.05, 3.63) is 11.9 Å². The third-order valence-electron chi connectivity index (χ3n) is 2.71. The number of nitrogen functional groups attached to an aromatic ring is 1. The number of nitrogens with two attached hydrogens (primary N) is 1. The van der Waals surface area contributed by atoms with E-state index in [4.69, 9.17) is 15.2 Å². The number of ether oxygens (including phenoxy) is 2. The molecule has 1 saturated heterocycles. The molecule has 6 heteroatoms. The van der Waals surface area contributed by atoms with E-state index in [0.717, 1.165) is 18.8 Å². The van der Waals surface area contributed by atoms with Crippen LogP contribution in [0.15, 0.2) is 6.07 Å². The maximum absolute atomic E-state index is 5.73. The molecule has 1 aliphatic heterocycles. The van der Waals surface area contributed by atoms with E-state index in [9.17, 15) is 0 Å². The average Bonchev–Trinajstić information content (AvgIpc) is 2.64. The standard InChI is InChI=1S/C11H18N4O2/c1-11(3-4-17-7-11)15-9-5-8(12)13-10(14-9)6-16-2/h5H,3-4,6-7H2,1-2H3,(H3,12,13,14,15). The number of nitrogens with zero attached hydrogens (tertiary/aromatic N) is 2. The Kier molecular flexibility index (Phi) is 3.44. The van der Waals surface area contributed by atoms with Gasteiger partial charge in [0.05, 0.1) is 12.1 Å². The Morgan fingerprint density at radius 3 is 3.06 bits per heavy atom. The van der Waals surface area contributed by atoms with Gasteiger partial charge in [0, 0.05) is 19.8 Å². The first kappa shape index (κ1) is 12.1. The van der Waals surface area contributed by atoms with Gasteiger partial charge in [-0.25, -0.2) is 9.97 Å². The van der Waals surface area contributed by atoms with Gasteiger partial charge in [0.2, 0.25) is 0 Å². The number of anilines is 2. The Morgan fingerprint density at radius 1 is 1.59 bits per heavy atom. The fourth-order valence-electron chi connectivity index (χ4n) is 1.85. The second-order valence-corrected chi connectivity index (χ2v) is 4.52. The van der Waals surface area contributed by atoms with Crippen LogP contribution in [-0.2, 0) is 16.1 Å². The molecular formula is C11H18N4O2. The Labute approximate surface area is 101 Å². The van der Waals surface area contributed by atoms with Crippen LogP contribution in [0.4, 0.5) is 11.6 Å². The van der Waals surface area contributed by atoms with E-state index in [2.05, 4.69) is 22.2 Å². The van der Waals surface area contributed by atoms with Gasteiger partial charge >= 0.3 is 0 Å². The lowest BCUT2D eigenvalue weighted by molar-refractivity contribution is 0.178. The Balaban J connectivity index is 2.14. The van der Waals surface area contributed by atoms with Crippen molar-refractivity contribution >= 4 is 11.6 Å². The fraction of sp³-hybridized carbons (Fsp3) is 0.636. The SMILES string of the molecule is COCc1nc(N)cc(NC2(C)CCOC2)n1. The molecule has 3 N–H and O–H groups in total. The molecule has 0 amide bonds. The van der Waals surface area contributed by atoms with E-state index in [1.54, 1.807) is 13.2 Å². The molecule has 1 aliphatic rings. The van der Waals surface area contributed by atoms with Crippen molar-refractivity contribution < 1.29 is 9.47 Å². The quantitative estimate of drug-likeness (QED) is 0.807. The fourth-order valence-corrected chi connectivity index (χ4v) is 1.85. The van der Waals surface area contributed by atoms with Crippen LogP contribution < -0.4 is 11.1 Å². The van der Waals surface area contributed by atoms with Gasteiger partial charge in [0.1, 0.15) is 18.2 Å². The normalized spacial score (nSPS) is 23.9. The number of hydrogen-bond donors (Lipinski definition) is 2. The largest absolute Gasteiger partial charge is 0.384 e. The van der Waals surface area contributed by atoms with Gasteiger partial charge in [-0.3, -0.25) is 0 Å². The van der Waals surface area contributed by atoms with Gasteiger partial charge in [0.25, 0.3) is 0 Å². The van der Waals surface area contributed by atoms with Crippen molar-refractivity contribution in [2.24, 2.45) is 0 Å². The predicted octanol–water partition coefficient (Wildman–Crippen LogP) is 0.796. The summed E-state index contributed by atoms with van der Waals surface area (Å²) in [4.78, 5) is 8.44. The summed E-state index contributed by atoms with van der Waals surface area (Å²) < 4.78 is 10.4. The van der Waals surface area contributed by atoms with Crippen molar-refractivity contribution in [2.45, 2.75) is 25.5 Å². The summed E-state index contributed by atoms with van der Waals surface area (Å²) in [5, 5.41) is 3.35. The van der Waals surface area contributed by atoms with Gasteiger partial charge in [-0.15, -0.1) is 0 Å². The molecule has 2 rings (SSSR count). The molecular weight excluding hydrogens is 220 g/mol. The average molecular weight is 238 g/mol. The summed E-state index contributed by atoms with van der Waals surface area (Å²) in [6.45, 7) is 3.91. The molecule has 17 heavy (non-hydrogen) atoms. The van der Waals surface area contributed by atoms with Gasteiger partial charge in [-0.05, 0) is 13.3 Å². The molecule has 2 heterocycles. The molecule has 0 aromatic carbocycles. The van der Waals surface area contributed by atoms with E-state index < -0.39 is 0 Å². The molecule has 1 atom stereocenters. The minimum absolute atomic E-state index is 0.0782. The second kappa shape index (κ2) is 4.85. The first-order valence-electron chi connectivity index (χ1n) is 5.60. The third kappa shape index (κ3) is 3.04. The van der Waals surface area contributed by atoms with Crippen molar-refractivity contribution in [3.63, 3.8) is 0 Å². The van der Waals surface area contributed by atoms with Gasteiger partial charge in [0.15, 0.2) is 5.82 Å². The first-order chi connectivity index (χ1) is 8.11. The van der Waals surface area contributed by atoms with E-state index in [1.807, 2.05) is 0 Å². The van der Waals surface area contributed by atoms with Crippen LogP contribution in [0.25, 0.3) is 0 Å². The van der Waals surface area contributed by atoms with E-state index in [-0.39, 0.29) is 5.54 Å². The van der Waals surface area contributed by atoms with E-state index >= 15 is 0 Å². The van der Waals surface area contributed by atoms with Crippen LogP contribution in [0.3, 0.4) is 0 Å². The van der Waals surface area contributed by atoms with Crippen LogP contribution in [0.2, 0.25) is 0 Å². The molecule has 0 spiro atoms. The van der Waals surface area contributed by atoms with Crippen molar-refractivity contribution in [1.82, 2.24) is 9.97 Å². The lowest BCUT2D eigenvalue weighted by Gasteiger charge is -2.24. The third-order valence-corrected chi connectivity index (χ3v) is 2.71. The van der Waals surface area contributed by atoms with Crippen LogP contribution in [0, 0.1) is 0 Å². The van der Waals surface area contributed by atoms with Crippen molar-refractivity contribution in [1.29, 1.82) is 0 Å². The number of rotatable bonds is 4. The number of nitrogens with one attached hydrogen (secondary N) is 1. The Bertz CT molecular complexity index is 391. The minimum Gasteiger partial charge on any atom is -0.384 e. The second-order valence-electron chi connectivity index (χ2n) is 4.52. The van der Waals surface area contributed by atoms with Crippen LogP contribution in [0.5, 0.6) is 0 Å². The highest BCUT2D eigenvalue weighted by molar-refractivity contribution is 5.46. The minimum atomic E-state index is -0.0782. The summed E-state index contributed by atoms with van der Waals surface area (Å²) in [5.41, 5.74) is 5.65. The zero-order valence-corrected chi connectivity index (χ0v) is 10.2. The summed E-state index contributed by atoms with van der Waals surface area (Å²) >= 11 is 0. The smallest absolute Gasteiger partial charge is 0.158 e. The molecule has 1 fully saturated rings. The zero-order chi connectivity index (χ0) is 12.3. The molecule has 6 nitrogen and oxygen atoms in total. The lowest BCUT2D eigenvalue weighted by atomic mass is 10.0. The molecule has 0 radical (unpaired) electrons. The molecule has 0 aliphatic carbocycles.